The molecule has 0 N–H and O–H groups in total. The number of benzene rings is 1. The van der Waals surface area contributed by atoms with E-state index in [2.05, 4.69) is 0 Å². The van der Waals surface area contributed by atoms with E-state index < -0.39 is 6.10 Å². The van der Waals surface area contributed by atoms with Crippen molar-refractivity contribution in [1.82, 2.24) is 4.90 Å². The van der Waals surface area contributed by atoms with Gasteiger partial charge in [-0.05, 0) is 25.3 Å². The lowest BCUT2D eigenvalue weighted by Crippen LogP contribution is -2.45. The molecule has 0 aromatic heterocycles. The summed E-state index contributed by atoms with van der Waals surface area (Å²) in [6, 6.07) is 9.41. The van der Waals surface area contributed by atoms with E-state index in [9.17, 15) is 9.59 Å². The number of carbonyl (C=O) groups is 2. The van der Waals surface area contributed by atoms with Crippen molar-refractivity contribution in [3.63, 3.8) is 0 Å². The molecule has 1 fully saturated rings. The number of piperidine rings is 1. The molecule has 5 nitrogen and oxygen atoms in total. The SMILES string of the molecule is CCOC(=O)[C@@H]1CCCN(C(=O)[C@H](OC)c2ccccc2)C1. The summed E-state index contributed by atoms with van der Waals surface area (Å²) in [6.45, 7) is 3.22. The van der Waals surface area contributed by atoms with Crippen LogP contribution in [0.2, 0.25) is 0 Å². The Balaban J connectivity index is 2.06. The second-order valence-corrected chi connectivity index (χ2v) is 5.40. The summed E-state index contributed by atoms with van der Waals surface area (Å²) >= 11 is 0. The maximum Gasteiger partial charge on any atom is 0.310 e. The number of esters is 1. The Kier molecular flexibility index (Phi) is 5.95. The van der Waals surface area contributed by atoms with Crippen LogP contribution in [0.4, 0.5) is 0 Å². The van der Waals surface area contributed by atoms with Crippen molar-refractivity contribution in [3.8, 4) is 0 Å². The molecule has 1 amide bonds. The van der Waals surface area contributed by atoms with Gasteiger partial charge in [0.2, 0.25) is 0 Å². The maximum atomic E-state index is 12.7. The summed E-state index contributed by atoms with van der Waals surface area (Å²) in [7, 11) is 1.53. The van der Waals surface area contributed by atoms with E-state index in [0.29, 0.717) is 19.7 Å². The number of methoxy groups -OCH3 is 1. The molecule has 0 radical (unpaired) electrons. The lowest BCUT2D eigenvalue weighted by molar-refractivity contribution is -0.153. The topological polar surface area (TPSA) is 55.8 Å². The lowest BCUT2D eigenvalue weighted by Gasteiger charge is -2.33. The smallest absolute Gasteiger partial charge is 0.310 e. The second kappa shape index (κ2) is 7.94. The van der Waals surface area contributed by atoms with E-state index >= 15 is 0 Å². The third kappa shape index (κ3) is 3.85. The molecule has 120 valence electrons. The highest BCUT2D eigenvalue weighted by atomic mass is 16.5. The Labute approximate surface area is 131 Å². The highest BCUT2D eigenvalue weighted by Crippen LogP contribution is 2.24. The molecule has 1 aliphatic heterocycles. The number of likely N-dealkylation sites (tertiary alicyclic amines) is 1. The average molecular weight is 305 g/mol. The quantitative estimate of drug-likeness (QED) is 0.782. The summed E-state index contributed by atoms with van der Waals surface area (Å²) < 4.78 is 10.5. The monoisotopic (exact) mass is 305 g/mol. The first-order valence-corrected chi connectivity index (χ1v) is 7.70. The molecule has 0 bridgehead atoms. The van der Waals surface area contributed by atoms with E-state index in [1.807, 2.05) is 30.3 Å². The standard InChI is InChI=1S/C17H23NO4/c1-3-22-17(20)14-10-7-11-18(12-14)16(19)15(21-2)13-8-5-4-6-9-13/h4-6,8-9,14-15H,3,7,10-12H2,1-2H3/t14-,15-/m1/s1. The molecular formula is C17H23NO4. The van der Waals surface area contributed by atoms with E-state index in [1.54, 1.807) is 11.8 Å². The largest absolute Gasteiger partial charge is 0.466 e. The average Bonchev–Trinajstić information content (AvgIpc) is 2.57. The van der Waals surface area contributed by atoms with E-state index in [1.165, 1.54) is 7.11 Å². The third-order valence-electron chi connectivity index (χ3n) is 3.92. The highest BCUT2D eigenvalue weighted by Gasteiger charge is 2.33. The van der Waals surface area contributed by atoms with Crippen molar-refractivity contribution >= 4 is 11.9 Å². The lowest BCUT2D eigenvalue weighted by atomic mass is 9.97. The number of ether oxygens (including phenoxy) is 2. The van der Waals surface area contributed by atoms with Crippen LogP contribution in [-0.4, -0.2) is 43.6 Å². The molecule has 0 saturated carbocycles. The predicted octanol–water partition coefficient (Wildman–Crippen LogP) is 2.18. The van der Waals surface area contributed by atoms with Gasteiger partial charge in [0, 0.05) is 20.2 Å². The van der Waals surface area contributed by atoms with Crippen LogP contribution in [0.1, 0.15) is 31.4 Å². The fraction of sp³-hybridized carbons (Fsp3) is 0.529. The molecule has 1 aliphatic rings. The first kappa shape index (κ1) is 16.5. The molecule has 0 unspecified atom stereocenters. The van der Waals surface area contributed by atoms with Gasteiger partial charge in [0.15, 0.2) is 6.10 Å². The number of carbonyl (C=O) groups excluding carboxylic acids is 2. The molecule has 5 heteroatoms. The summed E-state index contributed by atoms with van der Waals surface area (Å²) in [6.07, 6.45) is 0.952. The summed E-state index contributed by atoms with van der Waals surface area (Å²) in [5, 5.41) is 0. The van der Waals surface area contributed by atoms with Crippen LogP contribution in [0.25, 0.3) is 0 Å². The van der Waals surface area contributed by atoms with Gasteiger partial charge in [-0.15, -0.1) is 0 Å². The molecule has 22 heavy (non-hydrogen) atoms. The van der Waals surface area contributed by atoms with Gasteiger partial charge in [-0.3, -0.25) is 9.59 Å². The van der Waals surface area contributed by atoms with Gasteiger partial charge in [-0.25, -0.2) is 0 Å². The van der Waals surface area contributed by atoms with Gasteiger partial charge < -0.3 is 14.4 Å². The molecule has 1 heterocycles. The zero-order chi connectivity index (χ0) is 15.9. The Morgan fingerprint density at radius 1 is 1.32 bits per heavy atom. The van der Waals surface area contributed by atoms with Crippen LogP contribution in [-0.2, 0) is 19.1 Å². The fourth-order valence-electron chi connectivity index (χ4n) is 2.80. The van der Waals surface area contributed by atoms with Crippen molar-refractivity contribution in [2.75, 3.05) is 26.8 Å². The maximum absolute atomic E-state index is 12.7. The summed E-state index contributed by atoms with van der Waals surface area (Å²) in [4.78, 5) is 26.3. The third-order valence-corrected chi connectivity index (χ3v) is 3.92. The highest BCUT2D eigenvalue weighted by molar-refractivity contribution is 5.83. The fourth-order valence-corrected chi connectivity index (χ4v) is 2.80. The van der Waals surface area contributed by atoms with Crippen LogP contribution in [0.15, 0.2) is 30.3 Å². The number of rotatable bonds is 5. The Morgan fingerprint density at radius 2 is 2.05 bits per heavy atom. The molecule has 0 aliphatic carbocycles. The normalized spacial score (nSPS) is 19.5. The molecule has 0 spiro atoms. The molecular weight excluding hydrogens is 282 g/mol. The second-order valence-electron chi connectivity index (χ2n) is 5.40. The van der Waals surface area contributed by atoms with Crippen molar-refractivity contribution in [2.45, 2.75) is 25.9 Å². The molecule has 1 aromatic rings. The zero-order valence-corrected chi connectivity index (χ0v) is 13.2. The van der Waals surface area contributed by atoms with Crippen molar-refractivity contribution in [1.29, 1.82) is 0 Å². The van der Waals surface area contributed by atoms with E-state index in [0.717, 1.165) is 18.4 Å². The number of amides is 1. The first-order valence-electron chi connectivity index (χ1n) is 7.70. The van der Waals surface area contributed by atoms with E-state index in [-0.39, 0.29) is 17.8 Å². The van der Waals surface area contributed by atoms with Crippen LogP contribution < -0.4 is 0 Å². The van der Waals surface area contributed by atoms with Gasteiger partial charge in [-0.2, -0.15) is 0 Å². The molecule has 2 atom stereocenters. The number of hydrogen-bond acceptors (Lipinski definition) is 4. The van der Waals surface area contributed by atoms with Crippen LogP contribution in [0.3, 0.4) is 0 Å². The van der Waals surface area contributed by atoms with Crippen LogP contribution in [0, 0.1) is 5.92 Å². The molecule has 1 saturated heterocycles. The van der Waals surface area contributed by atoms with Crippen molar-refractivity contribution in [3.05, 3.63) is 35.9 Å². The minimum absolute atomic E-state index is 0.0947. The van der Waals surface area contributed by atoms with Crippen molar-refractivity contribution < 1.29 is 19.1 Å². The summed E-state index contributed by atoms with van der Waals surface area (Å²) in [5.74, 6) is -0.540. The van der Waals surface area contributed by atoms with Crippen molar-refractivity contribution in [2.24, 2.45) is 5.92 Å². The van der Waals surface area contributed by atoms with Gasteiger partial charge >= 0.3 is 5.97 Å². The van der Waals surface area contributed by atoms with Crippen LogP contribution in [0.5, 0.6) is 0 Å². The summed E-state index contributed by atoms with van der Waals surface area (Å²) in [5.41, 5.74) is 0.827. The Bertz CT molecular complexity index is 503. The molecule has 2 rings (SSSR count). The van der Waals surface area contributed by atoms with Crippen LogP contribution >= 0.6 is 0 Å². The minimum atomic E-state index is -0.623. The van der Waals surface area contributed by atoms with Gasteiger partial charge in [0.1, 0.15) is 0 Å². The Morgan fingerprint density at radius 3 is 2.68 bits per heavy atom. The van der Waals surface area contributed by atoms with Gasteiger partial charge in [-0.1, -0.05) is 30.3 Å². The zero-order valence-electron chi connectivity index (χ0n) is 13.2. The van der Waals surface area contributed by atoms with Gasteiger partial charge in [0.25, 0.3) is 5.91 Å². The minimum Gasteiger partial charge on any atom is -0.466 e. The van der Waals surface area contributed by atoms with Gasteiger partial charge in [0.05, 0.1) is 12.5 Å². The first-order chi connectivity index (χ1) is 10.7. The number of nitrogens with zero attached hydrogens (tertiary/aromatic N) is 1. The number of hydrogen-bond donors (Lipinski definition) is 0. The van der Waals surface area contributed by atoms with E-state index in [4.69, 9.17) is 9.47 Å². The predicted molar refractivity (Wildman–Crippen MR) is 82.1 cm³/mol. The molecule has 1 aromatic carbocycles. The Hall–Kier alpha value is -1.88.